The van der Waals surface area contributed by atoms with Crippen LogP contribution in [0.15, 0.2) is 53.4 Å². The summed E-state index contributed by atoms with van der Waals surface area (Å²) < 4.78 is 0. The number of nitriles is 1. The highest BCUT2D eigenvalue weighted by molar-refractivity contribution is 7.99. The van der Waals surface area contributed by atoms with Crippen LogP contribution in [0, 0.1) is 18.3 Å². The zero-order chi connectivity index (χ0) is 17.2. The van der Waals surface area contributed by atoms with Gasteiger partial charge < -0.3 is 10.6 Å². The number of thiocarbonyl (C=S) groups is 1. The normalized spacial score (nSPS) is 10.0. The Morgan fingerprint density at radius 2 is 1.83 bits per heavy atom. The predicted octanol–water partition coefficient (Wildman–Crippen LogP) is 4.53. The van der Waals surface area contributed by atoms with E-state index in [9.17, 15) is 0 Å². The molecule has 0 spiro atoms. The lowest BCUT2D eigenvalue weighted by molar-refractivity contribution is 0.854. The van der Waals surface area contributed by atoms with E-state index in [1.807, 2.05) is 36.0 Å². The monoisotopic (exact) mass is 355 g/mol. The van der Waals surface area contributed by atoms with Crippen molar-refractivity contribution in [1.29, 1.82) is 5.26 Å². The Kier molecular flexibility index (Phi) is 7.60. The molecule has 0 unspecified atom stereocenters. The van der Waals surface area contributed by atoms with Gasteiger partial charge in [0, 0.05) is 17.1 Å². The number of hydrogen-bond acceptors (Lipinski definition) is 3. The molecule has 124 valence electrons. The van der Waals surface area contributed by atoms with Crippen molar-refractivity contribution in [2.75, 3.05) is 17.6 Å². The predicted molar refractivity (Wildman–Crippen MR) is 107 cm³/mol. The lowest BCUT2D eigenvalue weighted by Crippen LogP contribution is -2.29. The zero-order valence-electron chi connectivity index (χ0n) is 13.7. The molecule has 2 N–H and O–H groups in total. The van der Waals surface area contributed by atoms with E-state index >= 15 is 0 Å². The van der Waals surface area contributed by atoms with E-state index in [2.05, 4.69) is 47.9 Å². The summed E-state index contributed by atoms with van der Waals surface area (Å²) in [7, 11) is 0. The smallest absolute Gasteiger partial charge is 0.170 e. The molecule has 0 bridgehead atoms. The Morgan fingerprint density at radius 1 is 1.12 bits per heavy atom. The van der Waals surface area contributed by atoms with Gasteiger partial charge in [-0.25, -0.2) is 0 Å². The third-order valence-corrected chi connectivity index (χ3v) is 4.74. The highest BCUT2D eigenvalue weighted by Crippen LogP contribution is 2.18. The molecular weight excluding hydrogens is 334 g/mol. The van der Waals surface area contributed by atoms with Gasteiger partial charge in [0.25, 0.3) is 0 Å². The van der Waals surface area contributed by atoms with Gasteiger partial charge in [-0.3, -0.25) is 0 Å². The third-order valence-electron chi connectivity index (χ3n) is 3.39. The minimum Gasteiger partial charge on any atom is -0.362 e. The second-order valence-corrected chi connectivity index (χ2v) is 7.00. The molecule has 0 heterocycles. The first-order valence-corrected chi connectivity index (χ1v) is 9.27. The first-order chi connectivity index (χ1) is 11.7. The Morgan fingerprint density at radius 3 is 2.50 bits per heavy atom. The van der Waals surface area contributed by atoms with E-state index in [0.29, 0.717) is 11.5 Å². The number of benzene rings is 2. The molecular formula is C19H21N3S2. The van der Waals surface area contributed by atoms with Crippen LogP contribution in [-0.2, 0) is 6.42 Å². The zero-order valence-corrected chi connectivity index (χ0v) is 15.3. The molecule has 0 aliphatic carbocycles. The Bertz CT molecular complexity index is 688. The Hall–Kier alpha value is -2.03. The molecule has 5 heteroatoms. The van der Waals surface area contributed by atoms with Crippen LogP contribution in [0.5, 0.6) is 0 Å². The summed E-state index contributed by atoms with van der Waals surface area (Å²) in [6.45, 7) is 2.95. The van der Waals surface area contributed by atoms with E-state index < -0.39 is 0 Å². The van der Waals surface area contributed by atoms with E-state index in [4.69, 9.17) is 17.5 Å². The summed E-state index contributed by atoms with van der Waals surface area (Å²) in [6.07, 6.45) is 1.48. The summed E-state index contributed by atoms with van der Waals surface area (Å²) in [5, 5.41) is 15.7. The number of rotatable bonds is 7. The molecule has 0 fully saturated rings. The van der Waals surface area contributed by atoms with Crippen molar-refractivity contribution in [3.8, 4) is 6.07 Å². The Labute approximate surface area is 153 Å². The summed E-state index contributed by atoms with van der Waals surface area (Å²) in [5.41, 5.74) is 3.23. The lowest BCUT2D eigenvalue weighted by Gasteiger charge is -2.10. The van der Waals surface area contributed by atoms with Gasteiger partial charge in [0.2, 0.25) is 0 Å². The van der Waals surface area contributed by atoms with Gasteiger partial charge in [-0.2, -0.15) is 5.26 Å². The first kappa shape index (κ1) is 18.3. The minimum absolute atomic E-state index is 0.432. The molecule has 3 nitrogen and oxygen atoms in total. The maximum absolute atomic E-state index is 8.66. The van der Waals surface area contributed by atoms with Gasteiger partial charge in [0.15, 0.2) is 5.11 Å². The molecule has 0 aliphatic heterocycles. The fraction of sp³-hybridized carbons (Fsp3) is 0.263. The van der Waals surface area contributed by atoms with Crippen LogP contribution >= 0.6 is 24.0 Å². The first-order valence-electron chi connectivity index (χ1n) is 7.87. The minimum atomic E-state index is 0.432. The topological polar surface area (TPSA) is 47.8 Å². The van der Waals surface area contributed by atoms with Crippen molar-refractivity contribution in [2.24, 2.45) is 0 Å². The number of hydrogen-bond donors (Lipinski definition) is 2. The van der Waals surface area contributed by atoms with Crippen LogP contribution in [0.25, 0.3) is 0 Å². The van der Waals surface area contributed by atoms with Crippen LogP contribution in [0.4, 0.5) is 5.69 Å². The summed E-state index contributed by atoms with van der Waals surface area (Å²) in [4.78, 5) is 1.30. The van der Waals surface area contributed by atoms with Gasteiger partial charge >= 0.3 is 0 Å². The lowest BCUT2D eigenvalue weighted by atomic mass is 10.1. The maximum atomic E-state index is 8.66. The van der Waals surface area contributed by atoms with E-state index in [0.717, 1.165) is 30.0 Å². The number of aryl methyl sites for hydroxylation is 1. The fourth-order valence-electron chi connectivity index (χ4n) is 2.07. The molecule has 0 aliphatic rings. The molecule has 2 aromatic rings. The molecule has 0 radical (unpaired) electrons. The van der Waals surface area contributed by atoms with Crippen molar-refractivity contribution < 1.29 is 0 Å². The molecule has 0 saturated heterocycles. The van der Waals surface area contributed by atoms with Crippen molar-refractivity contribution in [3.63, 3.8) is 0 Å². The molecule has 0 amide bonds. The summed E-state index contributed by atoms with van der Waals surface area (Å²) in [6, 6.07) is 18.5. The van der Waals surface area contributed by atoms with Gasteiger partial charge in [-0.15, -0.1) is 11.8 Å². The molecule has 0 aromatic heterocycles. The number of nitrogens with zero attached hydrogens (tertiary/aromatic N) is 1. The number of thioether (sulfide) groups is 1. The van der Waals surface area contributed by atoms with Crippen molar-refractivity contribution in [2.45, 2.75) is 24.7 Å². The van der Waals surface area contributed by atoms with Gasteiger partial charge in [-0.1, -0.05) is 29.8 Å². The van der Waals surface area contributed by atoms with Gasteiger partial charge in [-0.05, 0) is 61.1 Å². The van der Waals surface area contributed by atoms with Crippen molar-refractivity contribution >= 4 is 34.8 Å². The number of anilines is 1. The van der Waals surface area contributed by atoms with E-state index in [-0.39, 0.29) is 0 Å². The van der Waals surface area contributed by atoms with Crippen molar-refractivity contribution in [3.05, 3.63) is 59.7 Å². The summed E-state index contributed by atoms with van der Waals surface area (Å²) >= 11 is 7.16. The van der Waals surface area contributed by atoms with E-state index in [1.165, 1.54) is 10.5 Å². The van der Waals surface area contributed by atoms with Crippen LogP contribution in [0.3, 0.4) is 0 Å². The van der Waals surface area contributed by atoms with Crippen LogP contribution in [0.2, 0.25) is 0 Å². The standard InChI is InChI=1S/C19H21N3S2/c1-15-3-9-18(10-4-15)24-14-2-13-21-19(23)22-17-7-5-16(6-8-17)11-12-20/h3-10H,2,11,13-14H2,1H3,(H2,21,22,23). The maximum Gasteiger partial charge on any atom is 0.170 e. The Balaban J connectivity index is 1.62. The largest absolute Gasteiger partial charge is 0.362 e. The quantitative estimate of drug-likeness (QED) is 0.434. The van der Waals surface area contributed by atoms with Crippen molar-refractivity contribution in [1.82, 2.24) is 5.32 Å². The second-order valence-electron chi connectivity index (χ2n) is 5.43. The second kappa shape index (κ2) is 9.96. The highest BCUT2D eigenvalue weighted by Gasteiger charge is 1.99. The van der Waals surface area contributed by atoms with Gasteiger partial charge in [0.05, 0.1) is 12.5 Å². The van der Waals surface area contributed by atoms with E-state index in [1.54, 1.807) is 0 Å². The average Bonchev–Trinajstić information content (AvgIpc) is 2.58. The average molecular weight is 356 g/mol. The molecule has 0 saturated carbocycles. The number of nitrogens with one attached hydrogen (secondary N) is 2. The molecule has 2 aromatic carbocycles. The molecule has 0 atom stereocenters. The fourth-order valence-corrected chi connectivity index (χ4v) is 3.14. The van der Waals surface area contributed by atoms with Crippen LogP contribution < -0.4 is 10.6 Å². The van der Waals surface area contributed by atoms with Gasteiger partial charge in [0.1, 0.15) is 0 Å². The molecule has 2 rings (SSSR count). The van der Waals surface area contributed by atoms with Crippen LogP contribution in [0.1, 0.15) is 17.5 Å². The SMILES string of the molecule is Cc1ccc(SCCCNC(=S)Nc2ccc(CC#N)cc2)cc1. The highest BCUT2D eigenvalue weighted by atomic mass is 32.2. The third kappa shape index (κ3) is 6.61. The summed E-state index contributed by atoms with van der Waals surface area (Å²) in [5.74, 6) is 1.06. The van der Waals surface area contributed by atoms with Crippen LogP contribution in [-0.4, -0.2) is 17.4 Å². The molecule has 24 heavy (non-hydrogen) atoms.